The zero-order valence-electron chi connectivity index (χ0n) is 11.3. The number of hydrogen-bond donors (Lipinski definition) is 2. The summed E-state index contributed by atoms with van der Waals surface area (Å²) in [6, 6.07) is 9.99. The van der Waals surface area contributed by atoms with Crippen molar-refractivity contribution in [3.8, 4) is 0 Å². The van der Waals surface area contributed by atoms with Gasteiger partial charge in [0.05, 0.1) is 12.0 Å². The molecule has 0 aliphatic heterocycles. The van der Waals surface area contributed by atoms with Crippen molar-refractivity contribution in [1.29, 1.82) is 0 Å². The van der Waals surface area contributed by atoms with E-state index in [0.717, 1.165) is 5.56 Å². The first kappa shape index (κ1) is 17.5. The summed E-state index contributed by atoms with van der Waals surface area (Å²) in [6.45, 7) is 1.86. The number of nitrogens with zero attached hydrogens (tertiary/aromatic N) is 2. The highest BCUT2D eigenvalue weighted by Gasteiger charge is 2.16. The van der Waals surface area contributed by atoms with Crippen molar-refractivity contribution in [3.05, 3.63) is 53.6 Å². The van der Waals surface area contributed by atoms with Crippen LogP contribution in [0.15, 0.2) is 36.7 Å². The summed E-state index contributed by atoms with van der Waals surface area (Å²) in [4.78, 5) is 19.8. The fourth-order valence-electron chi connectivity index (χ4n) is 2.02. The minimum atomic E-state index is -1.02. The lowest BCUT2D eigenvalue weighted by molar-refractivity contribution is 0.0688. The third-order valence-corrected chi connectivity index (χ3v) is 3.12. The first-order chi connectivity index (χ1) is 9.70. The molecule has 1 heterocycles. The van der Waals surface area contributed by atoms with E-state index in [1.165, 1.54) is 6.33 Å². The van der Waals surface area contributed by atoms with E-state index in [4.69, 9.17) is 16.7 Å². The van der Waals surface area contributed by atoms with E-state index in [1.54, 1.807) is 0 Å². The van der Waals surface area contributed by atoms with Gasteiger partial charge in [-0.05, 0) is 5.56 Å². The summed E-state index contributed by atoms with van der Waals surface area (Å²) >= 11 is 5.82. The number of hydrogen-bond acceptors (Lipinski definition) is 3. The van der Waals surface area contributed by atoms with Crippen LogP contribution in [0.4, 0.5) is 0 Å². The Hall–Kier alpha value is -1.56. The molecule has 0 saturated heterocycles. The van der Waals surface area contributed by atoms with Gasteiger partial charge in [0.25, 0.3) is 0 Å². The molecule has 0 bridgehead atoms. The number of carboxylic acids is 1. The smallest absolute Gasteiger partial charge is 0.356 e. The molecule has 114 valence electrons. The molecular formula is C14H17Cl2N3O2. The SMILES string of the molecule is Cl.O=C(O)c1nc[nH]c1CN(CCCl)Cc1ccccc1. The maximum absolute atomic E-state index is 11.1. The molecule has 1 aromatic heterocycles. The van der Waals surface area contributed by atoms with E-state index in [9.17, 15) is 4.79 Å². The fraction of sp³-hybridized carbons (Fsp3) is 0.286. The molecule has 2 aromatic rings. The van der Waals surface area contributed by atoms with Crippen molar-refractivity contribution in [2.75, 3.05) is 12.4 Å². The maximum Gasteiger partial charge on any atom is 0.356 e. The molecule has 0 spiro atoms. The third kappa shape index (κ3) is 5.04. The van der Waals surface area contributed by atoms with Gasteiger partial charge in [-0.3, -0.25) is 4.90 Å². The highest BCUT2D eigenvalue weighted by molar-refractivity contribution is 6.18. The Bertz CT molecular complexity index is 560. The van der Waals surface area contributed by atoms with Crippen molar-refractivity contribution >= 4 is 30.0 Å². The van der Waals surface area contributed by atoms with E-state index in [2.05, 4.69) is 14.9 Å². The van der Waals surface area contributed by atoms with E-state index in [0.29, 0.717) is 31.2 Å². The normalized spacial score (nSPS) is 10.4. The second kappa shape index (κ2) is 8.67. The molecule has 7 heteroatoms. The number of aromatic amines is 1. The summed E-state index contributed by atoms with van der Waals surface area (Å²) in [5, 5.41) is 9.06. The van der Waals surface area contributed by atoms with Crippen LogP contribution in [0.3, 0.4) is 0 Å². The number of aromatic nitrogens is 2. The molecule has 1 aromatic carbocycles. The number of benzene rings is 1. The Morgan fingerprint density at radius 3 is 2.62 bits per heavy atom. The van der Waals surface area contributed by atoms with E-state index >= 15 is 0 Å². The first-order valence-electron chi connectivity index (χ1n) is 6.28. The van der Waals surface area contributed by atoms with Crippen LogP contribution in [0.25, 0.3) is 0 Å². The van der Waals surface area contributed by atoms with E-state index < -0.39 is 5.97 Å². The number of alkyl halides is 1. The van der Waals surface area contributed by atoms with Crippen molar-refractivity contribution in [2.24, 2.45) is 0 Å². The van der Waals surface area contributed by atoms with Gasteiger partial charge in [0, 0.05) is 25.5 Å². The van der Waals surface area contributed by atoms with Crippen molar-refractivity contribution in [1.82, 2.24) is 14.9 Å². The second-order valence-corrected chi connectivity index (χ2v) is 4.80. The Kier molecular flexibility index (Phi) is 7.22. The molecule has 0 unspecified atom stereocenters. The van der Waals surface area contributed by atoms with Gasteiger partial charge in [-0.25, -0.2) is 9.78 Å². The molecule has 0 aliphatic carbocycles. The highest BCUT2D eigenvalue weighted by Crippen LogP contribution is 2.11. The number of H-pyrrole nitrogens is 1. The van der Waals surface area contributed by atoms with Gasteiger partial charge in [-0.1, -0.05) is 30.3 Å². The van der Waals surface area contributed by atoms with Crippen molar-refractivity contribution in [3.63, 3.8) is 0 Å². The van der Waals surface area contributed by atoms with Crippen LogP contribution in [0, 0.1) is 0 Å². The van der Waals surface area contributed by atoms with Crippen LogP contribution in [0.2, 0.25) is 0 Å². The Morgan fingerprint density at radius 1 is 1.29 bits per heavy atom. The third-order valence-electron chi connectivity index (χ3n) is 2.95. The summed E-state index contributed by atoms with van der Waals surface area (Å²) in [5.41, 5.74) is 1.82. The molecule has 21 heavy (non-hydrogen) atoms. The number of carbonyl (C=O) groups is 1. The number of aromatic carboxylic acids is 1. The molecule has 2 rings (SSSR count). The maximum atomic E-state index is 11.1. The van der Waals surface area contributed by atoms with E-state index in [1.807, 2.05) is 30.3 Å². The highest BCUT2D eigenvalue weighted by atomic mass is 35.5. The zero-order chi connectivity index (χ0) is 14.4. The van der Waals surface area contributed by atoms with Crippen LogP contribution < -0.4 is 0 Å². The standard InChI is InChI=1S/C14H16ClN3O2.ClH/c15-6-7-18(8-11-4-2-1-3-5-11)9-12-13(14(19)20)17-10-16-12;/h1-5,10H,6-9H2,(H,16,17)(H,19,20);1H. The molecule has 0 aliphatic rings. The van der Waals surface area contributed by atoms with Gasteiger partial charge < -0.3 is 10.1 Å². The first-order valence-corrected chi connectivity index (χ1v) is 6.82. The predicted molar refractivity (Wildman–Crippen MR) is 84.1 cm³/mol. The van der Waals surface area contributed by atoms with Crippen LogP contribution >= 0.6 is 24.0 Å². The van der Waals surface area contributed by atoms with Gasteiger partial charge in [0.1, 0.15) is 0 Å². The average molecular weight is 330 g/mol. The molecule has 0 amide bonds. The monoisotopic (exact) mass is 329 g/mol. The number of rotatable bonds is 7. The number of imidazole rings is 1. The van der Waals surface area contributed by atoms with E-state index in [-0.39, 0.29) is 18.1 Å². The van der Waals surface area contributed by atoms with Gasteiger partial charge >= 0.3 is 5.97 Å². The lowest BCUT2D eigenvalue weighted by atomic mass is 10.2. The van der Waals surface area contributed by atoms with Crippen LogP contribution in [-0.2, 0) is 13.1 Å². The fourth-order valence-corrected chi connectivity index (χ4v) is 2.26. The van der Waals surface area contributed by atoms with Gasteiger partial charge in [-0.15, -0.1) is 24.0 Å². The zero-order valence-corrected chi connectivity index (χ0v) is 12.9. The summed E-state index contributed by atoms with van der Waals surface area (Å²) in [5.74, 6) is -0.532. The quantitative estimate of drug-likeness (QED) is 0.766. The summed E-state index contributed by atoms with van der Waals surface area (Å²) < 4.78 is 0. The summed E-state index contributed by atoms with van der Waals surface area (Å²) in [7, 11) is 0. The number of nitrogens with one attached hydrogen (secondary N) is 1. The Morgan fingerprint density at radius 2 is 2.00 bits per heavy atom. The minimum absolute atomic E-state index is 0. The molecular weight excluding hydrogens is 313 g/mol. The van der Waals surface area contributed by atoms with Crippen molar-refractivity contribution in [2.45, 2.75) is 13.1 Å². The predicted octanol–water partition coefficient (Wildman–Crippen LogP) is 2.77. The lowest BCUT2D eigenvalue weighted by Gasteiger charge is -2.20. The Labute approximate surface area is 134 Å². The van der Waals surface area contributed by atoms with Crippen LogP contribution in [0.1, 0.15) is 21.7 Å². The summed E-state index contributed by atoms with van der Waals surface area (Å²) in [6.07, 6.45) is 1.40. The van der Waals surface area contributed by atoms with Crippen LogP contribution in [0.5, 0.6) is 0 Å². The molecule has 2 N–H and O–H groups in total. The molecule has 0 saturated carbocycles. The average Bonchev–Trinajstić information content (AvgIpc) is 2.88. The van der Waals surface area contributed by atoms with Gasteiger partial charge in [-0.2, -0.15) is 0 Å². The Balaban J connectivity index is 0.00000220. The minimum Gasteiger partial charge on any atom is -0.476 e. The number of carboxylic acid groups (broad SMARTS) is 1. The van der Waals surface area contributed by atoms with Crippen molar-refractivity contribution < 1.29 is 9.90 Å². The molecule has 5 nitrogen and oxygen atoms in total. The molecule has 0 atom stereocenters. The largest absolute Gasteiger partial charge is 0.476 e. The lowest BCUT2D eigenvalue weighted by Crippen LogP contribution is -2.26. The topological polar surface area (TPSA) is 69.2 Å². The second-order valence-electron chi connectivity index (χ2n) is 4.42. The molecule has 0 radical (unpaired) electrons. The van der Waals surface area contributed by atoms with Gasteiger partial charge in [0.2, 0.25) is 0 Å². The van der Waals surface area contributed by atoms with Crippen LogP contribution in [-0.4, -0.2) is 38.4 Å². The number of halogens is 2. The van der Waals surface area contributed by atoms with Gasteiger partial charge in [0.15, 0.2) is 5.69 Å². The molecule has 0 fully saturated rings.